The maximum absolute atomic E-state index is 14.9. The maximum Gasteiger partial charge on any atom is 0.227 e. The Hall–Kier alpha value is -3.94. The van der Waals surface area contributed by atoms with Crippen LogP contribution in [0.5, 0.6) is 5.75 Å². The minimum Gasteiger partial charge on any atom is -0.486 e. The number of nitrogens with zero attached hydrogens (tertiary/aromatic N) is 4. The number of hydrogen-bond donors (Lipinski definition) is 1. The van der Waals surface area contributed by atoms with E-state index in [0.717, 1.165) is 28.3 Å². The molecule has 3 aromatic carbocycles. The lowest BCUT2D eigenvalue weighted by molar-refractivity contribution is 0.287. The van der Waals surface area contributed by atoms with E-state index in [9.17, 15) is 8.78 Å². The molecule has 8 heteroatoms. The molecule has 0 atom stereocenters. The molecule has 1 aromatic heterocycles. The standard InChI is InChI=1S/C27H27F2N5O/c1-16(2)34-9-10-35-26-22(28)13-19(14-24(26)34)25-23(29)15-30-27(32-25)31-20-7-5-17-6-8-21(33(3)4)12-18(17)11-20/h5-8,11-16H,9-10H2,1-4H3,(H,30,31,32). The van der Waals surface area contributed by atoms with Crippen molar-refractivity contribution in [1.29, 1.82) is 0 Å². The van der Waals surface area contributed by atoms with E-state index in [2.05, 4.69) is 33.5 Å². The van der Waals surface area contributed by atoms with E-state index in [1.54, 1.807) is 6.07 Å². The van der Waals surface area contributed by atoms with Gasteiger partial charge in [0.25, 0.3) is 0 Å². The van der Waals surface area contributed by atoms with Crippen molar-refractivity contribution in [3.05, 3.63) is 66.4 Å². The predicted molar refractivity (Wildman–Crippen MR) is 137 cm³/mol. The second-order valence-corrected chi connectivity index (χ2v) is 9.10. The van der Waals surface area contributed by atoms with Gasteiger partial charge in [-0.25, -0.2) is 18.7 Å². The number of hydrogen-bond acceptors (Lipinski definition) is 6. The molecule has 0 saturated heterocycles. The van der Waals surface area contributed by atoms with Crippen LogP contribution in [0.25, 0.3) is 22.0 Å². The molecule has 180 valence electrons. The summed E-state index contributed by atoms with van der Waals surface area (Å²) in [5.74, 6) is -0.757. The van der Waals surface area contributed by atoms with Crippen LogP contribution >= 0.6 is 0 Å². The van der Waals surface area contributed by atoms with Crippen LogP contribution in [0.2, 0.25) is 0 Å². The summed E-state index contributed by atoms with van der Waals surface area (Å²) in [6.45, 7) is 5.08. The van der Waals surface area contributed by atoms with E-state index >= 15 is 0 Å². The van der Waals surface area contributed by atoms with Crippen LogP contribution in [0.4, 0.5) is 31.8 Å². The van der Waals surface area contributed by atoms with Crippen LogP contribution in [0.15, 0.2) is 54.7 Å². The molecule has 0 aliphatic carbocycles. The monoisotopic (exact) mass is 475 g/mol. The molecule has 0 fully saturated rings. The second kappa shape index (κ2) is 9.02. The van der Waals surface area contributed by atoms with Gasteiger partial charge in [-0.3, -0.25) is 0 Å². The van der Waals surface area contributed by atoms with Gasteiger partial charge in [0.15, 0.2) is 17.4 Å². The van der Waals surface area contributed by atoms with Crippen molar-refractivity contribution in [2.24, 2.45) is 0 Å². The highest BCUT2D eigenvalue weighted by molar-refractivity contribution is 5.89. The van der Waals surface area contributed by atoms with Gasteiger partial charge in [0.05, 0.1) is 18.4 Å². The summed E-state index contributed by atoms with van der Waals surface area (Å²) in [5.41, 5.74) is 2.80. The Labute approximate surface area is 203 Å². The summed E-state index contributed by atoms with van der Waals surface area (Å²) >= 11 is 0. The van der Waals surface area contributed by atoms with Gasteiger partial charge in [0.2, 0.25) is 5.95 Å². The highest BCUT2D eigenvalue weighted by Crippen LogP contribution is 2.39. The average Bonchev–Trinajstić information content (AvgIpc) is 2.84. The number of ether oxygens (including phenoxy) is 1. The van der Waals surface area contributed by atoms with E-state index in [1.165, 1.54) is 6.07 Å². The van der Waals surface area contributed by atoms with Crippen LogP contribution in [0, 0.1) is 11.6 Å². The highest BCUT2D eigenvalue weighted by atomic mass is 19.1. The van der Waals surface area contributed by atoms with Gasteiger partial charge < -0.3 is 19.9 Å². The number of nitrogens with one attached hydrogen (secondary N) is 1. The SMILES string of the molecule is CC(C)N1CCOc2c(F)cc(-c3nc(Nc4ccc5ccc(N(C)C)cc5c4)ncc3F)cc21. The van der Waals surface area contributed by atoms with Crippen molar-refractivity contribution in [2.45, 2.75) is 19.9 Å². The van der Waals surface area contributed by atoms with Crippen LogP contribution < -0.4 is 19.9 Å². The smallest absolute Gasteiger partial charge is 0.227 e. The van der Waals surface area contributed by atoms with Gasteiger partial charge in [0, 0.05) is 37.1 Å². The molecule has 1 N–H and O–H groups in total. The van der Waals surface area contributed by atoms with Gasteiger partial charge in [-0.2, -0.15) is 0 Å². The second-order valence-electron chi connectivity index (χ2n) is 9.10. The van der Waals surface area contributed by atoms with Crippen molar-refractivity contribution < 1.29 is 13.5 Å². The van der Waals surface area contributed by atoms with E-state index in [0.29, 0.717) is 24.4 Å². The lowest BCUT2D eigenvalue weighted by Gasteiger charge is -2.34. The minimum absolute atomic E-state index is 0.0224. The summed E-state index contributed by atoms with van der Waals surface area (Å²) in [6, 6.07) is 15.3. The number of benzene rings is 3. The van der Waals surface area contributed by atoms with Crippen molar-refractivity contribution in [3.8, 4) is 17.0 Å². The molecule has 0 saturated carbocycles. The van der Waals surface area contributed by atoms with Crippen molar-refractivity contribution in [1.82, 2.24) is 9.97 Å². The fourth-order valence-electron chi connectivity index (χ4n) is 4.32. The Balaban J connectivity index is 1.50. The lowest BCUT2D eigenvalue weighted by Crippen LogP contribution is -2.38. The van der Waals surface area contributed by atoms with Crippen molar-refractivity contribution in [3.63, 3.8) is 0 Å². The molecular formula is C27H27F2N5O. The number of anilines is 4. The maximum atomic E-state index is 14.9. The Kier molecular flexibility index (Phi) is 5.88. The Bertz CT molecular complexity index is 1410. The van der Waals surface area contributed by atoms with Gasteiger partial charge in [0.1, 0.15) is 12.3 Å². The molecular weight excluding hydrogens is 448 g/mol. The lowest BCUT2D eigenvalue weighted by atomic mass is 10.1. The van der Waals surface area contributed by atoms with Crippen LogP contribution in [0.1, 0.15) is 13.8 Å². The molecule has 1 aliphatic heterocycles. The molecule has 0 amide bonds. The van der Waals surface area contributed by atoms with Crippen molar-refractivity contribution in [2.75, 3.05) is 42.4 Å². The fraction of sp³-hybridized carbons (Fsp3) is 0.259. The van der Waals surface area contributed by atoms with E-state index in [-0.39, 0.29) is 23.4 Å². The predicted octanol–water partition coefficient (Wildman–Crippen LogP) is 5.99. The summed E-state index contributed by atoms with van der Waals surface area (Å²) in [6.07, 6.45) is 1.10. The molecule has 0 spiro atoms. The number of fused-ring (bicyclic) bond motifs is 2. The normalized spacial score (nSPS) is 13.1. The van der Waals surface area contributed by atoms with Gasteiger partial charge in [-0.15, -0.1) is 0 Å². The molecule has 1 aliphatic rings. The van der Waals surface area contributed by atoms with Gasteiger partial charge >= 0.3 is 0 Å². The van der Waals surface area contributed by atoms with Gasteiger partial charge in [-0.05, 0) is 61.0 Å². The van der Waals surface area contributed by atoms with Gasteiger partial charge in [-0.1, -0.05) is 12.1 Å². The summed E-state index contributed by atoms with van der Waals surface area (Å²) in [7, 11) is 3.99. The molecule has 0 bridgehead atoms. The summed E-state index contributed by atoms with van der Waals surface area (Å²) < 4.78 is 35.3. The minimum atomic E-state index is -0.628. The molecule has 6 nitrogen and oxygen atoms in total. The fourth-order valence-corrected chi connectivity index (χ4v) is 4.32. The Morgan fingerprint density at radius 3 is 2.57 bits per heavy atom. The molecule has 35 heavy (non-hydrogen) atoms. The first kappa shape index (κ1) is 22.8. The Morgan fingerprint density at radius 1 is 1.00 bits per heavy atom. The van der Waals surface area contributed by atoms with E-state index in [4.69, 9.17) is 4.74 Å². The zero-order valence-corrected chi connectivity index (χ0v) is 20.1. The molecule has 2 heterocycles. The largest absolute Gasteiger partial charge is 0.486 e. The zero-order valence-electron chi connectivity index (χ0n) is 20.1. The topological polar surface area (TPSA) is 53.5 Å². The Morgan fingerprint density at radius 2 is 1.80 bits per heavy atom. The third-order valence-corrected chi connectivity index (χ3v) is 6.15. The number of aromatic nitrogens is 2. The van der Waals surface area contributed by atoms with Crippen LogP contribution in [0.3, 0.4) is 0 Å². The first-order valence-electron chi connectivity index (χ1n) is 11.5. The average molecular weight is 476 g/mol. The quantitative estimate of drug-likeness (QED) is 0.383. The van der Waals surface area contributed by atoms with E-state index < -0.39 is 11.6 Å². The van der Waals surface area contributed by atoms with E-state index in [1.807, 2.05) is 55.9 Å². The molecule has 0 unspecified atom stereocenters. The molecule has 0 radical (unpaired) electrons. The highest BCUT2D eigenvalue weighted by Gasteiger charge is 2.25. The number of rotatable bonds is 5. The van der Waals surface area contributed by atoms with Crippen LogP contribution in [-0.4, -0.2) is 43.3 Å². The summed E-state index contributed by atoms with van der Waals surface area (Å²) in [5, 5.41) is 5.31. The molecule has 4 aromatic rings. The van der Waals surface area contributed by atoms with Crippen molar-refractivity contribution >= 4 is 33.8 Å². The number of halogens is 2. The first-order valence-corrected chi connectivity index (χ1v) is 11.5. The third kappa shape index (κ3) is 4.43. The zero-order chi connectivity index (χ0) is 24.7. The summed E-state index contributed by atoms with van der Waals surface area (Å²) in [4.78, 5) is 12.6. The van der Waals surface area contributed by atoms with Crippen LogP contribution in [-0.2, 0) is 0 Å². The third-order valence-electron chi connectivity index (χ3n) is 6.15. The molecule has 5 rings (SSSR count). The first-order chi connectivity index (χ1) is 16.8.